The number of amides is 1. The molecule has 1 N–H and O–H groups in total. The van der Waals surface area contributed by atoms with E-state index in [9.17, 15) is 13.2 Å². The molecule has 0 aliphatic rings. The van der Waals surface area contributed by atoms with E-state index in [2.05, 4.69) is 5.32 Å². The van der Waals surface area contributed by atoms with Crippen molar-refractivity contribution in [3.05, 3.63) is 29.8 Å². The van der Waals surface area contributed by atoms with Gasteiger partial charge in [0.15, 0.2) is 9.84 Å². The van der Waals surface area contributed by atoms with Crippen LogP contribution < -0.4 is 5.32 Å². The largest absolute Gasteiger partial charge is 0.352 e. The third-order valence-corrected chi connectivity index (χ3v) is 3.10. The van der Waals surface area contributed by atoms with Gasteiger partial charge in [-0.1, -0.05) is 18.2 Å². The lowest BCUT2D eigenvalue weighted by Crippen LogP contribution is -2.20. The molecule has 0 saturated carbocycles. The number of rotatable bonds is 3. The fourth-order valence-corrected chi connectivity index (χ4v) is 2.17. The summed E-state index contributed by atoms with van der Waals surface area (Å²) in [6, 6.07) is 6.62. The average molecular weight is 227 g/mol. The molecule has 0 spiro atoms. The van der Waals surface area contributed by atoms with E-state index in [0.29, 0.717) is 5.56 Å². The van der Waals surface area contributed by atoms with Crippen molar-refractivity contribution in [3.63, 3.8) is 0 Å². The molecule has 0 fully saturated rings. The van der Waals surface area contributed by atoms with E-state index in [1.807, 2.05) is 0 Å². The van der Waals surface area contributed by atoms with Crippen LogP contribution in [0.1, 0.15) is 12.5 Å². The lowest BCUT2D eigenvalue weighted by atomic mass is 10.2. The smallest absolute Gasteiger partial charge is 0.217 e. The second-order valence-corrected chi connectivity index (χ2v) is 5.27. The Balaban J connectivity index is 3.02. The van der Waals surface area contributed by atoms with Crippen molar-refractivity contribution in [1.29, 1.82) is 0 Å². The first kappa shape index (κ1) is 11.7. The average Bonchev–Trinajstić information content (AvgIpc) is 2.13. The molecule has 0 saturated heterocycles. The number of carbonyl (C=O) groups excluding carboxylic acids is 1. The van der Waals surface area contributed by atoms with Crippen LogP contribution in [0, 0.1) is 0 Å². The lowest BCUT2D eigenvalue weighted by molar-refractivity contribution is -0.119. The predicted molar refractivity (Wildman–Crippen MR) is 57.1 cm³/mol. The highest BCUT2D eigenvalue weighted by atomic mass is 32.2. The van der Waals surface area contributed by atoms with Crippen LogP contribution in [0.2, 0.25) is 0 Å². The highest BCUT2D eigenvalue weighted by molar-refractivity contribution is 7.90. The van der Waals surface area contributed by atoms with E-state index in [1.165, 1.54) is 13.0 Å². The fourth-order valence-electron chi connectivity index (χ4n) is 1.23. The highest BCUT2D eigenvalue weighted by Crippen LogP contribution is 2.14. The van der Waals surface area contributed by atoms with Gasteiger partial charge < -0.3 is 5.32 Å². The second-order valence-electron chi connectivity index (χ2n) is 3.29. The van der Waals surface area contributed by atoms with Crippen LogP contribution >= 0.6 is 0 Å². The minimum absolute atomic E-state index is 0.182. The fraction of sp³-hybridized carbons (Fsp3) is 0.300. The number of sulfone groups is 1. The van der Waals surface area contributed by atoms with Crippen molar-refractivity contribution in [3.8, 4) is 0 Å². The summed E-state index contributed by atoms with van der Waals surface area (Å²) in [6.45, 7) is 1.63. The molecule has 1 aromatic rings. The van der Waals surface area contributed by atoms with Crippen LogP contribution in [0.3, 0.4) is 0 Å². The van der Waals surface area contributed by atoms with Gasteiger partial charge in [0.2, 0.25) is 5.91 Å². The molecule has 0 bridgehead atoms. The Morgan fingerprint density at radius 2 is 1.93 bits per heavy atom. The second kappa shape index (κ2) is 4.44. The quantitative estimate of drug-likeness (QED) is 0.827. The monoisotopic (exact) mass is 227 g/mol. The lowest BCUT2D eigenvalue weighted by Gasteiger charge is -2.07. The van der Waals surface area contributed by atoms with Gasteiger partial charge in [-0.05, 0) is 11.6 Å². The van der Waals surface area contributed by atoms with Crippen molar-refractivity contribution in [2.24, 2.45) is 0 Å². The van der Waals surface area contributed by atoms with Gasteiger partial charge in [0.25, 0.3) is 0 Å². The van der Waals surface area contributed by atoms with E-state index in [4.69, 9.17) is 0 Å². The van der Waals surface area contributed by atoms with Crippen LogP contribution in [0.15, 0.2) is 29.2 Å². The molecule has 5 heteroatoms. The van der Waals surface area contributed by atoms with Gasteiger partial charge in [0, 0.05) is 19.7 Å². The summed E-state index contributed by atoms with van der Waals surface area (Å²) >= 11 is 0. The molecule has 0 radical (unpaired) electrons. The molecule has 1 amide bonds. The van der Waals surface area contributed by atoms with Gasteiger partial charge in [-0.15, -0.1) is 0 Å². The summed E-state index contributed by atoms with van der Waals surface area (Å²) in [5.74, 6) is -0.182. The minimum atomic E-state index is -3.23. The Bertz CT molecular complexity index is 465. The molecule has 1 rings (SSSR count). The number of nitrogens with one attached hydrogen (secondary N) is 1. The summed E-state index contributed by atoms with van der Waals surface area (Å²) in [7, 11) is -3.23. The van der Waals surface area contributed by atoms with Crippen molar-refractivity contribution in [1.82, 2.24) is 5.32 Å². The topological polar surface area (TPSA) is 63.2 Å². The predicted octanol–water partition coefficient (Wildman–Crippen LogP) is 0.726. The van der Waals surface area contributed by atoms with Crippen molar-refractivity contribution < 1.29 is 13.2 Å². The van der Waals surface area contributed by atoms with Gasteiger partial charge >= 0.3 is 0 Å². The Morgan fingerprint density at radius 3 is 2.47 bits per heavy atom. The summed E-state index contributed by atoms with van der Waals surface area (Å²) < 4.78 is 22.8. The highest BCUT2D eigenvalue weighted by Gasteiger charge is 2.11. The third kappa shape index (κ3) is 3.36. The van der Waals surface area contributed by atoms with Crippen LogP contribution in [0.5, 0.6) is 0 Å². The van der Waals surface area contributed by atoms with Gasteiger partial charge in [-0.2, -0.15) is 0 Å². The van der Waals surface area contributed by atoms with Gasteiger partial charge in [-0.3, -0.25) is 4.79 Å². The van der Waals surface area contributed by atoms with E-state index in [-0.39, 0.29) is 17.3 Å². The zero-order valence-electron chi connectivity index (χ0n) is 8.65. The van der Waals surface area contributed by atoms with Crippen molar-refractivity contribution in [2.75, 3.05) is 6.26 Å². The van der Waals surface area contributed by atoms with E-state index in [1.54, 1.807) is 18.2 Å². The van der Waals surface area contributed by atoms with Crippen LogP contribution in [0.25, 0.3) is 0 Å². The van der Waals surface area contributed by atoms with Crippen molar-refractivity contribution in [2.45, 2.75) is 18.4 Å². The Labute approximate surface area is 89.2 Å². The normalized spacial score (nSPS) is 11.1. The first-order valence-corrected chi connectivity index (χ1v) is 6.33. The van der Waals surface area contributed by atoms with E-state index in [0.717, 1.165) is 6.26 Å². The minimum Gasteiger partial charge on any atom is -0.352 e. The molecule has 0 heterocycles. The number of benzene rings is 1. The Hall–Kier alpha value is -1.36. The summed E-state index contributed by atoms with van der Waals surface area (Å²) in [4.78, 5) is 11.0. The summed E-state index contributed by atoms with van der Waals surface area (Å²) in [6.07, 6.45) is 1.15. The van der Waals surface area contributed by atoms with Crippen LogP contribution in [-0.2, 0) is 21.2 Å². The molecule has 0 aromatic heterocycles. The maximum absolute atomic E-state index is 11.4. The molecular weight excluding hydrogens is 214 g/mol. The van der Waals surface area contributed by atoms with Gasteiger partial charge in [0.05, 0.1) is 4.90 Å². The summed E-state index contributed by atoms with van der Waals surface area (Å²) in [5.41, 5.74) is 0.607. The van der Waals surface area contributed by atoms with E-state index < -0.39 is 9.84 Å². The Kier molecular flexibility index (Phi) is 3.47. The molecule has 4 nitrogen and oxygen atoms in total. The standard InChI is InChI=1S/C10H13NO3S/c1-8(12)11-7-9-5-3-4-6-10(9)15(2,13)14/h3-6H,7H2,1-2H3,(H,11,12). The van der Waals surface area contributed by atoms with Gasteiger partial charge in [-0.25, -0.2) is 8.42 Å². The maximum atomic E-state index is 11.4. The molecule has 0 atom stereocenters. The van der Waals surface area contributed by atoms with Crippen molar-refractivity contribution >= 4 is 15.7 Å². The van der Waals surface area contributed by atoms with Gasteiger partial charge in [0.1, 0.15) is 0 Å². The number of hydrogen-bond acceptors (Lipinski definition) is 3. The first-order valence-electron chi connectivity index (χ1n) is 4.43. The molecule has 0 unspecified atom stereocenters. The number of carbonyl (C=O) groups is 1. The summed E-state index contributed by atoms with van der Waals surface area (Å²) in [5, 5.41) is 2.57. The molecular formula is C10H13NO3S. The van der Waals surface area contributed by atoms with Crippen LogP contribution in [0.4, 0.5) is 0 Å². The zero-order chi connectivity index (χ0) is 11.5. The Morgan fingerprint density at radius 1 is 1.33 bits per heavy atom. The molecule has 82 valence electrons. The van der Waals surface area contributed by atoms with E-state index >= 15 is 0 Å². The molecule has 15 heavy (non-hydrogen) atoms. The number of hydrogen-bond donors (Lipinski definition) is 1. The van der Waals surface area contributed by atoms with Crippen LogP contribution in [-0.4, -0.2) is 20.6 Å². The SMILES string of the molecule is CC(=O)NCc1ccccc1S(C)(=O)=O. The molecule has 0 aliphatic heterocycles. The zero-order valence-corrected chi connectivity index (χ0v) is 9.47. The molecule has 1 aromatic carbocycles. The first-order chi connectivity index (χ1) is 6.91. The maximum Gasteiger partial charge on any atom is 0.217 e. The molecule has 0 aliphatic carbocycles. The third-order valence-electron chi connectivity index (χ3n) is 1.90.